The van der Waals surface area contributed by atoms with Gasteiger partial charge in [-0.2, -0.15) is 13.2 Å². The Hall–Kier alpha value is -3.25. The molecule has 0 aliphatic heterocycles. The highest BCUT2D eigenvalue weighted by molar-refractivity contribution is 7.16. The van der Waals surface area contributed by atoms with Gasteiger partial charge in [0.2, 0.25) is 0 Å². The smallest absolute Gasteiger partial charge is 0.431 e. The van der Waals surface area contributed by atoms with Gasteiger partial charge in [-0.25, -0.2) is 23.5 Å². The Morgan fingerprint density at radius 3 is 2.62 bits per heavy atom. The van der Waals surface area contributed by atoms with Crippen LogP contribution in [0.25, 0.3) is 16.3 Å². The fourth-order valence-corrected chi connectivity index (χ4v) is 3.83. The van der Waals surface area contributed by atoms with E-state index in [0.29, 0.717) is 0 Å². The number of ether oxygens (including phenoxy) is 1. The van der Waals surface area contributed by atoms with Crippen molar-refractivity contribution >= 4 is 28.9 Å². The molecule has 2 heterocycles. The molecule has 0 radical (unpaired) electrons. The first kappa shape index (κ1) is 23.4. The quantitative estimate of drug-likeness (QED) is 0.309. The Labute approximate surface area is 185 Å². The molecule has 2 aromatic heterocycles. The number of carbonyl (C=O) groups excluding carboxylic acids is 1. The maximum absolute atomic E-state index is 14.6. The summed E-state index contributed by atoms with van der Waals surface area (Å²) in [6.07, 6.45) is -2.41. The number of thiazole rings is 1. The summed E-state index contributed by atoms with van der Waals surface area (Å²) < 4.78 is 59.1. The van der Waals surface area contributed by atoms with Crippen LogP contribution in [-0.4, -0.2) is 26.7 Å². The second kappa shape index (κ2) is 8.71. The Morgan fingerprint density at radius 1 is 1.31 bits per heavy atom. The molecule has 3 aromatic rings. The molecular weight excluding hydrogens is 478 g/mol. The number of halogens is 5. The normalized spacial score (nSPS) is 11.4. The predicted molar refractivity (Wildman–Crippen MR) is 109 cm³/mol. The molecule has 0 spiro atoms. The molecule has 3 rings (SSSR count). The van der Waals surface area contributed by atoms with Gasteiger partial charge < -0.3 is 4.74 Å². The summed E-state index contributed by atoms with van der Waals surface area (Å²) in [4.78, 5) is 40.8. The lowest BCUT2D eigenvalue weighted by Crippen LogP contribution is -2.41. The van der Waals surface area contributed by atoms with E-state index in [0.717, 1.165) is 30.5 Å². The van der Waals surface area contributed by atoms with E-state index in [1.807, 2.05) is 0 Å². The van der Waals surface area contributed by atoms with Crippen LogP contribution in [0.3, 0.4) is 0 Å². The standard InChI is InChI=1S/C19H12ClF4N3O4S/c1-3-4-31-17(29)13-8-25-16(32-13)9-5-12(11(21)6-10(9)20)27-15(28)7-14(19(22,23)24)26(2)18(27)30/h3,5-8H,1,4H2,2H3. The van der Waals surface area contributed by atoms with Gasteiger partial charge in [0, 0.05) is 18.7 Å². The van der Waals surface area contributed by atoms with E-state index in [4.69, 9.17) is 16.3 Å². The highest BCUT2D eigenvalue weighted by Crippen LogP contribution is 2.34. The highest BCUT2D eigenvalue weighted by atomic mass is 35.5. The second-order valence-electron chi connectivity index (χ2n) is 6.24. The molecule has 0 atom stereocenters. The third-order valence-corrected chi connectivity index (χ3v) is 5.48. The van der Waals surface area contributed by atoms with Gasteiger partial charge in [-0.05, 0) is 12.1 Å². The van der Waals surface area contributed by atoms with Gasteiger partial charge in [0.05, 0.1) is 16.9 Å². The highest BCUT2D eigenvalue weighted by Gasteiger charge is 2.35. The van der Waals surface area contributed by atoms with E-state index in [1.165, 1.54) is 12.3 Å². The number of benzene rings is 1. The van der Waals surface area contributed by atoms with E-state index >= 15 is 0 Å². The topological polar surface area (TPSA) is 83.2 Å². The van der Waals surface area contributed by atoms with E-state index in [1.54, 1.807) is 0 Å². The number of alkyl halides is 3. The van der Waals surface area contributed by atoms with Crippen molar-refractivity contribution in [2.24, 2.45) is 7.05 Å². The third-order valence-electron chi connectivity index (χ3n) is 4.16. The van der Waals surface area contributed by atoms with E-state index in [2.05, 4.69) is 11.6 Å². The molecule has 1 aromatic carbocycles. The summed E-state index contributed by atoms with van der Waals surface area (Å²) in [5, 5.41) is -0.0398. The first-order chi connectivity index (χ1) is 15.0. The monoisotopic (exact) mass is 489 g/mol. The van der Waals surface area contributed by atoms with E-state index < -0.39 is 40.6 Å². The van der Waals surface area contributed by atoms with E-state index in [-0.39, 0.29) is 42.3 Å². The second-order valence-corrected chi connectivity index (χ2v) is 7.68. The number of aromatic nitrogens is 3. The molecule has 0 fully saturated rings. The number of nitrogens with zero attached hydrogens (tertiary/aromatic N) is 3. The van der Waals surface area contributed by atoms with Crippen molar-refractivity contribution in [2.45, 2.75) is 6.18 Å². The summed E-state index contributed by atoms with van der Waals surface area (Å²) in [6.45, 7) is 3.38. The fourth-order valence-electron chi connectivity index (χ4n) is 2.69. The van der Waals surface area contributed by atoms with Gasteiger partial charge in [-0.1, -0.05) is 24.3 Å². The minimum Gasteiger partial charge on any atom is -0.457 e. The van der Waals surface area contributed by atoms with Crippen molar-refractivity contribution in [1.82, 2.24) is 14.1 Å². The summed E-state index contributed by atoms with van der Waals surface area (Å²) in [5.41, 5.74) is -4.87. The molecule has 0 saturated heterocycles. The Kier molecular flexibility index (Phi) is 6.37. The zero-order valence-electron chi connectivity index (χ0n) is 16.1. The molecule has 0 bridgehead atoms. The first-order valence-electron chi connectivity index (χ1n) is 8.59. The molecule has 13 heteroatoms. The maximum atomic E-state index is 14.6. The molecule has 7 nitrogen and oxygen atoms in total. The Bertz CT molecular complexity index is 1340. The molecule has 0 N–H and O–H groups in total. The molecule has 0 aliphatic carbocycles. The minimum atomic E-state index is -4.96. The van der Waals surface area contributed by atoms with Crippen LogP contribution in [0, 0.1) is 5.82 Å². The zero-order chi connectivity index (χ0) is 23.8. The maximum Gasteiger partial charge on any atom is 0.431 e. The predicted octanol–water partition coefficient (Wildman–Crippen LogP) is 3.81. The number of hydrogen-bond acceptors (Lipinski definition) is 6. The number of carbonyl (C=O) groups is 1. The van der Waals surface area contributed by atoms with Crippen LogP contribution >= 0.6 is 22.9 Å². The number of rotatable bonds is 5. The van der Waals surface area contributed by atoms with Crippen LogP contribution in [-0.2, 0) is 18.0 Å². The third kappa shape index (κ3) is 4.36. The van der Waals surface area contributed by atoms with Crippen molar-refractivity contribution in [1.29, 1.82) is 0 Å². The molecular formula is C19H12ClF4N3O4S. The summed E-state index contributed by atoms with van der Waals surface area (Å²) in [6, 6.07) is 1.96. The fraction of sp³-hybridized carbons (Fsp3) is 0.158. The van der Waals surface area contributed by atoms with Crippen molar-refractivity contribution in [3.63, 3.8) is 0 Å². The Balaban J connectivity index is 2.16. The molecule has 0 amide bonds. The van der Waals surface area contributed by atoms with Crippen molar-refractivity contribution < 1.29 is 27.1 Å². The first-order valence-corrected chi connectivity index (χ1v) is 9.79. The van der Waals surface area contributed by atoms with Crippen LogP contribution in [0.5, 0.6) is 0 Å². The van der Waals surface area contributed by atoms with Crippen molar-refractivity contribution in [3.8, 4) is 16.3 Å². The van der Waals surface area contributed by atoms with Crippen LogP contribution in [0.2, 0.25) is 5.02 Å². The van der Waals surface area contributed by atoms with Crippen LogP contribution in [0.4, 0.5) is 17.6 Å². The van der Waals surface area contributed by atoms with Gasteiger partial charge in [-0.3, -0.25) is 9.36 Å². The largest absolute Gasteiger partial charge is 0.457 e. The van der Waals surface area contributed by atoms with E-state index in [9.17, 15) is 31.9 Å². The average Bonchev–Trinajstić information content (AvgIpc) is 3.19. The number of esters is 1. The zero-order valence-corrected chi connectivity index (χ0v) is 17.6. The van der Waals surface area contributed by atoms with Crippen molar-refractivity contribution in [3.05, 3.63) is 79.3 Å². The molecule has 0 unspecified atom stereocenters. The van der Waals surface area contributed by atoms with Gasteiger partial charge in [-0.15, -0.1) is 11.3 Å². The van der Waals surface area contributed by atoms with Crippen molar-refractivity contribution in [2.75, 3.05) is 6.61 Å². The van der Waals surface area contributed by atoms with Crippen LogP contribution < -0.4 is 11.2 Å². The SMILES string of the molecule is C=CCOC(=O)c1cnc(-c2cc(-n3c(=O)cc(C(F)(F)F)n(C)c3=O)c(F)cc2Cl)s1. The van der Waals surface area contributed by atoms with Gasteiger partial charge >= 0.3 is 17.8 Å². The summed E-state index contributed by atoms with van der Waals surface area (Å²) >= 11 is 6.91. The molecule has 168 valence electrons. The van der Waals surface area contributed by atoms with Crippen LogP contribution in [0.15, 0.2) is 46.6 Å². The lowest BCUT2D eigenvalue weighted by molar-refractivity contribution is -0.144. The lowest BCUT2D eigenvalue weighted by Gasteiger charge is -2.15. The summed E-state index contributed by atoms with van der Waals surface area (Å²) in [5.74, 6) is -1.82. The van der Waals surface area contributed by atoms with Gasteiger partial charge in [0.25, 0.3) is 5.56 Å². The number of hydrogen-bond donors (Lipinski definition) is 0. The molecule has 32 heavy (non-hydrogen) atoms. The lowest BCUT2D eigenvalue weighted by atomic mass is 10.2. The van der Waals surface area contributed by atoms with Crippen LogP contribution in [0.1, 0.15) is 15.4 Å². The summed E-state index contributed by atoms with van der Waals surface area (Å²) in [7, 11) is 0.803. The average molecular weight is 490 g/mol. The molecule has 0 saturated carbocycles. The van der Waals surface area contributed by atoms with Gasteiger partial charge in [0.1, 0.15) is 28.0 Å². The Morgan fingerprint density at radius 2 is 2.00 bits per heavy atom. The van der Waals surface area contributed by atoms with Gasteiger partial charge in [0.15, 0.2) is 0 Å². The molecule has 0 aliphatic rings. The minimum absolute atomic E-state index is 0.0341.